The van der Waals surface area contributed by atoms with Gasteiger partial charge in [0.15, 0.2) is 9.84 Å². The molecule has 0 amide bonds. The normalized spacial score (nSPS) is 35.1. The Morgan fingerprint density at radius 3 is 2.12 bits per heavy atom. The molecule has 1 aliphatic heterocycles. The molecule has 0 bridgehead atoms. The molecule has 3 nitrogen and oxygen atoms in total. The Morgan fingerprint density at radius 1 is 1.19 bits per heavy atom. The summed E-state index contributed by atoms with van der Waals surface area (Å²) in [6.45, 7) is 10.1. The lowest BCUT2D eigenvalue weighted by molar-refractivity contribution is 0.457. The molecule has 4 heteroatoms. The van der Waals surface area contributed by atoms with Crippen LogP contribution in [-0.2, 0) is 9.84 Å². The lowest BCUT2D eigenvalue weighted by Crippen LogP contribution is -2.32. The van der Waals surface area contributed by atoms with Gasteiger partial charge in [0.25, 0.3) is 0 Å². The summed E-state index contributed by atoms with van der Waals surface area (Å²) in [5.41, 5.74) is 0.773. The molecule has 0 radical (unpaired) electrons. The molecule has 2 aliphatic rings. The Hall–Kier alpha value is -0.0900. The van der Waals surface area contributed by atoms with Crippen molar-refractivity contribution in [3.05, 3.63) is 0 Å². The fourth-order valence-corrected chi connectivity index (χ4v) is 4.79. The molecule has 1 unspecified atom stereocenters. The van der Waals surface area contributed by atoms with Crippen molar-refractivity contribution in [3.8, 4) is 0 Å². The van der Waals surface area contributed by atoms with Crippen LogP contribution in [-0.4, -0.2) is 32.5 Å². The Kier molecular flexibility index (Phi) is 2.67. The molecule has 1 aliphatic carbocycles. The van der Waals surface area contributed by atoms with Gasteiger partial charge in [-0.15, -0.1) is 0 Å². The molecule has 0 aromatic heterocycles. The summed E-state index contributed by atoms with van der Waals surface area (Å²) in [6, 6.07) is 0.192. The minimum Gasteiger partial charge on any atom is -0.313 e. The average Bonchev–Trinajstić information content (AvgIpc) is 2.43. The van der Waals surface area contributed by atoms with E-state index in [1.165, 1.54) is 0 Å². The zero-order valence-corrected chi connectivity index (χ0v) is 11.5. The number of sulfone groups is 1. The molecule has 0 aromatic carbocycles. The van der Waals surface area contributed by atoms with Crippen molar-refractivity contribution >= 4 is 9.84 Å². The standard InChI is InChI=1S/C12H23NO2S/c1-11(2)10(12(11,3)4)7-13-9-5-6-16(14,15)8-9/h9-10,13H,5-8H2,1-4H3. The lowest BCUT2D eigenvalue weighted by atomic mass is 10.0. The average molecular weight is 245 g/mol. The number of hydrogen-bond donors (Lipinski definition) is 1. The molecular weight excluding hydrogens is 222 g/mol. The summed E-state index contributed by atoms with van der Waals surface area (Å²) in [5, 5.41) is 3.43. The van der Waals surface area contributed by atoms with E-state index in [9.17, 15) is 8.42 Å². The molecule has 1 saturated heterocycles. The van der Waals surface area contributed by atoms with E-state index < -0.39 is 9.84 Å². The topological polar surface area (TPSA) is 46.2 Å². The van der Waals surface area contributed by atoms with E-state index in [-0.39, 0.29) is 6.04 Å². The van der Waals surface area contributed by atoms with Gasteiger partial charge in [-0.05, 0) is 29.7 Å². The van der Waals surface area contributed by atoms with Gasteiger partial charge in [-0.25, -0.2) is 8.42 Å². The van der Waals surface area contributed by atoms with Crippen molar-refractivity contribution in [3.63, 3.8) is 0 Å². The first-order valence-electron chi connectivity index (χ1n) is 6.11. The van der Waals surface area contributed by atoms with Crippen molar-refractivity contribution < 1.29 is 8.42 Å². The predicted molar refractivity (Wildman–Crippen MR) is 66.1 cm³/mol. The number of nitrogens with one attached hydrogen (secondary N) is 1. The minimum atomic E-state index is -2.74. The number of hydrogen-bond acceptors (Lipinski definition) is 3. The van der Waals surface area contributed by atoms with Crippen LogP contribution in [0.2, 0.25) is 0 Å². The van der Waals surface area contributed by atoms with Crippen molar-refractivity contribution in [2.24, 2.45) is 16.7 Å². The first kappa shape index (κ1) is 12.4. The summed E-state index contributed by atoms with van der Waals surface area (Å²) in [5.74, 6) is 1.37. The van der Waals surface area contributed by atoms with E-state index >= 15 is 0 Å². The molecule has 1 saturated carbocycles. The Bertz CT molecular complexity index is 370. The largest absolute Gasteiger partial charge is 0.313 e. The second-order valence-corrected chi connectivity index (χ2v) is 8.73. The van der Waals surface area contributed by atoms with Gasteiger partial charge >= 0.3 is 0 Å². The van der Waals surface area contributed by atoms with Crippen LogP contribution in [0.15, 0.2) is 0 Å². The van der Waals surface area contributed by atoms with Crippen LogP contribution >= 0.6 is 0 Å². The summed E-state index contributed by atoms with van der Waals surface area (Å²) < 4.78 is 22.6. The van der Waals surface area contributed by atoms with Gasteiger partial charge in [0.05, 0.1) is 11.5 Å². The first-order chi connectivity index (χ1) is 7.17. The van der Waals surface area contributed by atoms with Crippen molar-refractivity contribution in [1.29, 1.82) is 0 Å². The van der Waals surface area contributed by atoms with Gasteiger partial charge in [0, 0.05) is 6.04 Å². The number of rotatable bonds is 3. The van der Waals surface area contributed by atoms with Gasteiger partial charge in [-0.1, -0.05) is 27.7 Å². The third-order valence-corrected chi connectivity index (χ3v) is 6.93. The summed E-state index contributed by atoms with van der Waals surface area (Å²) in [7, 11) is -2.74. The maximum Gasteiger partial charge on any atom is 0.151 e. The maximum absolute atomic E-state index is 11.3. The SMILES string of the molecule is CC1(C)C(CNC2CCS(=O)(=O)C2)C1(C)C. The van der Waals surface area contributed by atoms with E-state index in [1.807, 2.05) is 0 Å². The molecule has 1 atom stereocenters. The van der Waals surface area contributed by atoms with Crippen molar-refractivity contribution in [2.45, 2.75) is 40.2 Å². The smallest absolute Gasteiger partial charge is 0.151 e. The van der Waals surface area contributed by atoms with E-state index in [1.54, 1.807) is 0 Å². The lowest BCUT2D eigenvalue weighted by Gasteiger charge is -2.11. The maximum atomic E-state index is 11.3. The minimum absolute atomic E-state index is 0.192. The zero-order valence-electron chi connectivity index (χ0n) is 10.7. The molecule has 0 aromatic rings. The first-order valence-corrected chi connectivity index (χ1v) is 7.93. The third kappa shape index (κ3) is 1.90. The Balaban J connectivity index is 1.83. The van der Waals surface area contributed by atoms with Crippen LogP contribution in [0.25, 0.3) is 0 Å². The predicted octanol–water partition coefficient (Wildman–Crippen LogP) is 1.45. The van der Waals surface area contributed by atoms with Crippen molar-refractivity contribution in [1.82, 2.24) is 5.32 Å². The fourth-order valence-electron chi connectivity index (χ4n) is 3.08. The van der Waals surface area contributed by atoms with E-state index in [0.29, 0.717) is 28.3 Å². The van der Waals surface area contributed by atoms with Crippen LogP contribution in [0.3, 0.4) is 0 Å². The van der Waals surface area contributed by atoms with Gasteiger partial charge in [0.2, 0.25) is 0 Å². The fraction of sp³-hybridized carbons (Fsp3) is 1.00. The van der Waals surface area contributed by atoms with Crippen LogP contribution in [0, 0.1) is 16.7 Å². The Labute approximate surface area is 98.9 Å². The molecule has 16 heavy (non-hydrogen) atoms. The van der Waals surface area contributed by atoms with Crippen molar-refractivity contribution in [2.75, 3.05) is 18.1 Å². The zero-order chi connectivity index (χ0) is 12.2. The highest BCUT2D eigenvalue weighted by Gasteiger charge is 2.63. The molecule has 94 valence electrons. The highest BCUT2D eigenvalue weighted by molar-refractivity contribution is 7.91. The summed E-state index contributed by atoms with van der Waals surface area (Å²) in [4.78, 5) is 0. The van der Waals surface area contributed by atoms with Crippen LogP contribution in [0.5, 0.6) is 0 Å². The van der Waals surface area contributed by atoms with Gasteiger partial charge in [-0.2, -0.15) is 0 Å². The molecular formula is C12H23NO2S. The quantitative estimate of drug-likeness (QED) is 0.818. The molecule has 2 fully saturated rings. The molecule has 0 spiro atoms. The second kappa shape index (κ2) is 3.45. The van der Waals surface area contributed by atoms with E-state index in [2.05, 4.69) is 33.0 Å². The van der Waals surface area contributed by atoms with E-state index in [0.717, 1.165) is 13.0 Å². The molecule has 1 N–H and O–H groups in total. The monoisotopic (exact) mass is 245 g/mol. The van der Waals surface area contributed by atoms with Gasteiger partial charge < -0.3 is 5.32 Å². The van der Waals surface area contributed by atoms with Gasteiger partial charge in [-0.3, -0.25) is 0 Å². The van der Waals surface area contributed by atoms with Crippen LogP contribution in [0.1, 0.15) is 34.1 Å². The highest BCUT2D eigenvalue weighted by Crippen LogP contribution is 2.67. The molecule has 1 heterocycles. The van der Waals surface area contributed by atoms with Crippen LogP contribution < -0.4 is 5.32 Å². The van der Waals surface area contributed by atoms with Gasteiger partial charge in [0.1, 0.15) is 0 Å². The molecule has 2 rings (SSSR count). The Morgan fingerprint density at radius 2 is 1.75 bits per heavy atom. The second-order valence-electron chi connectivity index (χ2n) is 6.50. The van der Waals surface area contributed by atoms with E-state index in [4.69, 9.17) is 0 Å². The third-order valence-electron chi connectivity index (χ3n) is 5.16. The summed E-state index contributed by atoms with van der Waals surface area (Å²) in [6.07, 6.45) is 0.788. The highest BCUT2D eigenvalue weighted by atomic mass is 32.2. The summed E-state index contributed by atoms with van der Waals surface area (Å²) >= 11 is 0. The van der Waals surface area contributed by atoms with Crippen LogP contribution in [0.4, 0.5) is 0 Å².